The van der Waals surface area contributed by atoms with Crippen molar-refractivity contribution in [3.05, 3.63) is 76.0 Å². The molecule has 7 heteroatoms. The van der Waals surface area contributed by atoms with Crippen LogP contribution in [-0.4, -0.2) is 36.2 Å². The lowest BCUT2D eigenvalue weighted by atomic mass is 10.1. The smallest absolute Gasteiger partial charge is 0.270 e. The first-order chi connectivity index (χ1) is 16.8. The number of benzene rings is 1. The largest absolute Gasteiger partial charge is 0.375 e. The lowest BCUT2D eigenvalue weighted by molar-refractivity contribution is 0.622. The zero-order valence-electron chi connectivity index (χ0n) is 21.3. The van der Waals surface area contributed by atoms with Gasteiger partial charge in [-0.1, -0.05) is 19.1 Å². The molecule has 35 heavy (non-hydrogen) atoms. The highest BCUT2D eigenvalue weighted by molar-refractivity contribution is 5.91. The Morgan fingerprint density at radius 3 is 2.51 bits per heavy atom. The van der Waals surface area contributed by atoms with Crippen LogP contribution < -0.4 is 15.4 Å². The van der Waals surface area contributed by atoms with Crippen molar-refractivity contribution in [2.24, 2.45) is 13.0 Å². The second-order valence-corrected chi connectivity index (χ2v) is 9.07. The number of fused-ring (bicyclic) bond motifs is 1. The molecule has 2 heterocycles. The van der Waals surface area contributed by atoms with Gasteiger partial charge in [0.25, 0.3) is 5.56 Å². The number of hydrogen-bond donors (Lipinski definition) is 0. The summed E-state index contributed by atoms with van der Waals surface area (Å²) >= 11 is 0. The Hall–Kier alpha value is -3.66. The molecular weight excluding hydrogens is 441 g/mol. The Kier molecular flexibility index (Phi) is 8.64. The first-order valence-electron chi connectivity index (χ1n) is 12.0. The number of aryl methyl sites for hydroxylation is 2. The number of anilines is 2. The second-order valence-electron chi connectivity index (χ2n) is 9.07. The summed E-state index contributed by atoms with van der Waals surface area (Å²) in [6.07, 6.45) is 5.92. The summed E-state index contributed by atoms with van der Waals surface area (Å²) in [7, 11) is 3.68. The highest BCUT2D eigenvalue weighted by Gasteiger charge is 2.22. The molecule has 0 aliphatic carbocycles. The van der Waals surface area contributed by atoms with Crippen molar-refractivity contribution in [2.75, 3.05) is 36.5 Å². The summed E-state index contributed by atoms with van der Waals surface area (Å²) in [6, 6.07) is 12.4. The molecule has 6 nitrogen and oxygen atoms in total. The molecule has 0 aliphatic rings. The van der Waals surface area contributed by atoms with Crippen LogP contribution in [0.15, 0.2) is 53.3 Å². The molecule has 3 rings (SSSR count). The Morgan fingerprint density at radius 2 is 1.86 bits per heavy atom. The van der Waals surface area contributed by atoms with Crippen LogP contribution in [-0.2, 0) is 7.05 Å². The van der Waals surface area contributed by atoms with E-state index in [9.17, 15) is 14.4 Å². The molecule has 0 N–H and O–H groups in total. The zero-order chi connectivity index (χ0) is 25.5. The third kappa shape index (κ3) is 6.07. The SMILES string of the molecule is C/C=C\[C@@H](C)CN(CCCCN(C)c1ccc(F)cc1)c1c(C#N)c(=O)n(C)c2ccc(C)nc12. The van der Waals surface area contributed by atoms with Gasteiger partial charge in [0.05, 0.1) is 11.2 Å². The van der Waals surface area contributed by atoms with Gasteiger partial charge in [-0.05, 0) is 69.0 Å². The predicted molar refractivity (Wildman–Crippen MR) is 142 cm³/mol. The normalized spacial score (nSPS) is 12.1. The molecule has 0 saturated heterocycles. The first-order valence-corrected chi connectivity index (χ1v) is 12.0. The monoisotopic (exact) mass is 475 g/mol. The highest BCUT2D eigenvalue weighted by atomic mass is 19.1. The van der Waals surface area contributed by atoms with E-state index in [2.05, 4.69) is 28.9 Å². The van der Waals surface area contributed by atoms with Crippen LogP contribution >= 0.6 is 0 Å². The molecular formula is C28H34FN5O. The van der Waals surface area contributed by atoms with Gasteiger partial charge in [-0.25, -0.2) is 9.37 Å². The van der Waals surface area contributed by atoms with Gasteiger partial charge < -0.3 is 14.4 Å². The molecule has 2 aromatic heterocycles. The summed E-state index contributed by atoms with van der Waals surface area (Å²) < 4.78 is 14.7. The van der Waals surface area contributed by atoms with Crippen LogP contribution in [0.4, 0.5) is 15.8 Å². The van der Waals surface area contributed by atoms with Gasteiger partial charge in [-0.3, -0.25) is 4.79 Å². The number of rotatable bonds is 10. The van der Waals surface area contributed by atoms with E-state index in [-0.39, 0.29) is 22.9 Å². The fraction of sp³-hybridized carbons (Fsp3) is 0.393. The summed E-state index contributed by atoms with van der Waals surface area (Å²) in [6.45, 7) is 8.20. The summed E-state index contributed by atoms with van der Waals surface area (Å²) in [5, 5.41) is 9.96. The van der Waals surface area contributed by atoms with Gasteiger partial charge in [0.2, 0.25) is 0 Å². The van der Waals surface area contributed by atoms with Gasteiger partial charge in [0.15, 0.2) is 0 Å². The minimum absolute atomic E-state index is 0.134. The van der Waals surface area contributed by atoms with Crippen molar-refractivity contribution in [3.8, 4) is 6.07 Å². The summed E-state index contributed by atoms with van der Waals surface area (Å²) in [5.74, 6) is -0.0104. The number of pyridine rings is 2. The van der Waals surface area contributed by atoms with Crippen LogP contribution in [0.1, 0.15) is 37.9 Å². The lowest BCUT2D eigenvalue weighted by Crippen LogP contribution is -2.34. The minimum Gasteiger partial charge on any atom is -0.375 e. The molecule has 0 radical (unpaired) electrons. The van der Waals surface area contributed by atoms with Gasteiger partial charge in [-0.2, -0.15) is 5.26 Å². The zero-order valence-corrected chi connectivity index (χ0v) is 21.3. The van der Waals surface area contributed by atoms with Gasteiger partial charge in [0, 0.05) is 45.1 Å². The Balaban J connectivity index is 1.90. The van der Waals surface area contributed by atoms with Crippen LogP contribution in [0.2, 0.25) is 0 Å². The molecule has 0 aliphatic heterocycles. The van der Waals surface area contributed by atoms with E-state index in [1.807, 2.05) is 39.1 Å². The number of hydrogen-bond acceptors (Lipinski definition) is 5. The van der Waals surface area contributed by atoms with E-state index in [4.69, 9.17) is 4.98 Å². The maximum Gasteiger partial charge on any atom is 0.270 e. The van der Waals surface area contributed by atoms with E-state index in [1.54, 1.807) is 19.2 Å². The number of unbranched alkanes of at least 4 members (excludes halogenated alkanes) is 1. The quantitative estimate of drug-likeness (QED) is 0.298. The maximum absolute atomic E-state index is 13.2. The van der Waals surface area contributed by atoms with Gasteiger partial charge >= 0.3 is 0 Å². The summed E-state index contributed by atoms with van der Waals surface area (Å²) in [5.41, 5.74) is 3.65. The van der Waals surface area contributed by atoms with Crippen molar-refractivity contribution >= 4 is 22.4 Å². The molecule has 184 valence electrons. The average molecular weight is 476 g/mol. The molecule has 0 amide bonds. The molecule has 3 aromatic rings. The highest BCUT2D eigenvalue weighted by Crippen LogP contribution is 2.29. The van der Waals surface area contributed by atoms with E-state index in [0.717, 1.165) is 30.8 Å². The molecule has 0 saturated carbocycles. The van der Waals surface area contributed by atoms with Gasteiger partial charge in [-0.15, -0.1) is 0 Å². The number of aromatic nitrogens is 2. The average Bonchev–Trinajstić information content (AvgIpc) is 2.83. The Morgan fingerprint density at radius 1 is 1.17 bits per heavy atom. The molecule has 1 aromatic carbocycles. The predicted octanol–water partition coefficient (Wildman–Crippen LogP) is 5.19. The fourth-order valence-electron chi connectivity index (χ4n) is 4.41. The molecule has 1 atom stereocenters. The molecule has 0 spiro atoms. The Bertz CT molecular complexity index is 1290. The molecule has 0 unspecified atom stereocenters. The summed E-state index contributed by atoms with van der Waals surface area (Å²) in [4.78, 5) is 22.1. The minimum atomic E-state index is -0.305. The maximum atomic E-state index is 13.2. The standard InChI is InChI=1S/C28H34FN5O/c1-6-9-20(2)19-34(17-8-7-16-32(4)23-13-11-22(29)12-14-23)27-24(18-30)28(35)33(5)25-15-10-21(3)31-26(25)27/h6,9-15,20H,7-8,16-17,19H2,1-5H3/b9-6-/t20-/m1/s1. The van der Waals surface area contributed by atoms with Crippen molar-refractivity contribution in [2.45, 2.75) is 33.6 Å². The van der Waals surface area contributed by atoms with Crippen molar-refractivity contribution in [1.82, 2.24) is 9.55 Å². The number of nitrogens with zero attached hydrogens (tertiary/aromatic N) is 5. The third-order valence-corrected chi connectivity index (χ3v) is 6.25. The van der Waals surface area contributed by atoms with Crippen LogP contribution in [0.25, 0.3) is 11.0 Å². The van der Waals surface area contributed by atoms with Crippen LogP contribution in [0.5, 0.6) is 0 Å². The number of halogens is 1. The van der Waals surface area contributed by atoms with E-state index < -0.39 is 0 Å². The molecule has 0 bridgehead atoms. The number of nitriles is 1. The lowest BCUT2D eigenvalue weighted by Gasteiger charge is -2.29. The van der Waals surface area contributed by atoms with Crippen molar-refractivity contribution in [3.63, 3.8) is 0 Å². The van der Waals surface area contributed by atoms with E-state index in [1.165, 1.54) is 16.7 Å². The fourth-order valence-corrected chi connectivity index (χ4v) is 4.41. The second kappa shape index (κ2) is 11.7. The van der Waals surface area contributed by atoms with Crippen LogP contribution in [0, 0.1) is 30.0 Å². The van der Waals surface area contributed by atoms with Crippen molar-refractivity contribution in [1.29, 1.82) is 5.26 Å². The third-order valence-electron chi connectivity index (χ3n) is 6.25. The topological polar surface area (TPSA) is 65.2 Å². The first kappa shape index (κ1) is 26.0. The van der Waals surface area contributed by atoms with Crippen molar-refractivity contribution < 1.29 is 4.39 Å². The van der Waals surface area contributed by atoms with Crippen LogP contribution in [0.3, 0.4) is 0 Å². The van der Waals surface area contributed by atoms with E-state index >= 15 is 0 Å². The Labute approximate surface area is 206 Å². The van der Waals surface area contributed by atoms with Gasteiger partial charge in [0.1, 0.15) is 23.0 Å². The number of allylic oxidation sites excluding steroid dienone is 1. The molecule has 0 fully saturated rings. The van der Waals surface area contributed by atoms with E-state index in [0.29, 0.717) is 29.8 Å².